The van der Waals surface area contributed by atoms with Gasteiger partial charge in [0.15, 0.2) is 0 Å². The molecule has 136 valence electrons. The zero-order valence-corrected chi connectivity index (χ0v) is 15.7. The number of ether oxygens (including phenoxy) is 2. The minimum atomic E-state index is -0.520. The number of amides is 1. The molecular formula is C20H27NO4. The number of fused-ring (bicyclic) bond motifs is 1. The SMILES string of the molecule is CCOC(=O)C=C(C)c1ccc2c(c1)CCCN2C(=O)OC(C)(C)C. The summed E-state index contributed by atoms with van der Waals surface area (Å²) in [7, 11) is 0. The van der Waals surface area contributed by atoms with Gasteiger partial charge in [-0.25, -0.2) is 9.59 Å². The van der Waals surface area contributed by atoms with Crippen LogP contribution in [0, 0.1) is 0 Å². The van der Waals surface area contributed by atoms with Crippen LogP contribution in [0.25, 0.3) is 5.57 Å². The fraction of sp³-hybridized carbons (Fsp3) is 0.500. The zero-order chi connectivity index (χ0) is 18.6. The van der Waals surface area contributed by atoms with Crippen LogP contribution in [-0.2, 0) is 20.7 Å². The van der Waals surface area contributed by atoms with Crippen molar-refractivity contribution in [1.29, 1.82) is 0 Å². The van der Waals surface area contributed by atoms with Crippen LogP contribution in [0.5, 0.6) is 0 Å². The molecule has 1 amide bonds. The molecule has 0 N–H and O–H groups in total. The molecule has 0 fully saturated rings. The summed E-state index contributed by atoms with van der Waals surface area (Å²) in [5, 5.41) is 0. The smallest absolute Gasteiger partial charge is 0.414 e. The van der Waals surface area contributed by atoms with Crippen molar-refractivity contribution in [2.24, 2.45) is 0 Å². The van der Waals surface area contributed by atoms with Crippen molar-refractivity contribution >= 4 is 23.3 Å². The van der Waals surface area contributed by atoms with Gasteiger partial charge in [-0.1, -0.05) is 6.07 Å². The molecule has 0 bridgehead atoms. The third kappa shape index (κ3) is 5.08. The number of nitrogens with zero attached hydrogens (tertiary/aromatic N) is 1. The van der Waals surface area contributed by atoms with Gasteiger partial charge in [-0.2, -0.15) is 0 Å². The molecular weight excluding hydrogens is 318 g/mol. The number of carbonyl (C=O) groups excluding carboxylic acids is 2. The van der Waals surface area contributed by atoms with Gasteiger partial charge in [-0.3, -0.25) is 4.90 Å². The van der Waals surface area contributed by atoms with E-state index in [2.05, 4.69) is 0 Å². The Morgan fingerprint density at radius 1 is 1.28 bits per heavy atom. The number of aryl methyl sites for hydroxylation is 1. The van der Waals surface area contributed by atoms with Gasteiger partial charge in [0.25, 0.3) is 0 Å². The maximum Gasteiger partial charge on any atom is 0.414 e. The predicted octanol–water partition coefficient (Wildman–Crippen LogP) is 4.34. The Hall–Kier alpha value is -2.30. The van der Waals surface area contributed by atoms with Crippen LogP contribution < -0.4 is 4.90 Å². The molecule has 0 atom stereocenters. The number of benzene rings is 1. The van der Waals surface area contributed by atoms with Crippen LogP contribution in [0.3, 0.4) is 0 Å². The molecule has 2 rings (SSSR count). The minimum Gasteiger partial charge on any atom is -0.463 e. The van der Waals surface area contributed by atoms with Gasteiger partial charge in [0.2, 0.25) is 0 Å². The normalized spacial score (nSPS) is 14.8. The molecule has 5 nitrogen and oxygen atoms in total. The number of anilines is 1. The highest BCUT2D eigenvalue weighted by Gasteiger charge is 2.27. The zero-order valence-electron chi connectivity index (χ0n) is 15.7. The summed E-state index contributed by atoms with van der Waals surface area (Å²) in [5.74, 6) is -0.340. The lowest BCUT2D eigenvalue weighted by Crippen LogP contribution is -2.39. The van der Waals surface area contributed by atoms with E-state index in [0.717, 1.165) is 35.2 Å². The van der Waals surface area contributed by atoms with Crippen LogP contribution in [-0.4, -0.2) is 30.8 Å². The number of esters is 1. The summed E-state index contributed by atoms with van der Waals surface area (Å²) in [6.45, 7) is 10.3. The lowest BCUT2D eigenvalue weighted by Gasteiger charge is -2.32. The highest BCUT2D eigenvalue weighted by atomic mass is 16.6. The standard InChI is InChI=1S/C20H27NO4/c1-6-24-18(22)12-14(2)15-9-10-17-16(13-15)8-7-11-21(17)19(23)25-20(3,4)5/h9-10,12-13H,6-8,11H2,1-5H3. The van der Waals surface area contributed by atoms with Crippen LogP contribution in [0.4, 0.5) is 10.5 Å². The van der Waals surface area contributed by atoms with Crippen molar-refractivity contribution in [3.05, 3.63) is 35.4 Å². The van der Waals surface area contributed by atoms with Gasteiger partial charge < -0.3 is 9.47 Å². The third-order valence-electron chi connectivity index (χ3n) is 3.89. The molecule has 0 spiro atoms. The van der Waals surface area contributed by atoms with E-state index in [-0.39, 0.29) is 12.1 Å². The maximum atomic E-state index is 12.4. The first kappa shape index (κ1) is 19.0. The first-order valence-corrected chi connectivity index (χ1v) is 8.70. The first-order valence-electron chi connectivity index (χ1n) is 8.70. The van der Waals surface area contributed by atoms with Crippen molar-refractivity contribution in [3.63, 3.8) is 0 Å². The molecule has 0 aromatic heterocycles. The molecule has 1 aromatic rings. The van der Waals surface area contributed by atoms with E-state index in [9.17, 15) is 9.59 Å². The van der Waals surface area contributed by atoms with E-state index in [1.54, 1.807) is 11.8 Å². The summed E-state index contributed by atoms with van der Waals surface area (Å²) in [6.07, 6.45) is 2.96. The minimum absolute atomic E-state index is 0.319. The Bertz CT molecular complexity index is 685. The van der Waals surface area contributed by atoms with Crippen molar-refractivity contribution < 1.29 is 19.1 Å². The number of hydrogen-bond donors (Lipinski definition) is 0. The van der Waals surface area contributed by atoms with Gasteiger partial charge in [-0.05, 0) is 76.3 Å². The van der Waals surface area contributed by atoms with Crippen LogP contribution in [0.15, 0.2) is 24.3 Å². The topological polar surface area (TPSA) is 55.8 Å². The van der Waals surface area contributed by atoms with Gasteiger partial charge >= 0.3 is 12.1 Å². The molecule has 0 saturated carbocycles. The Balaban J connectivity index is 2.25. The Labute approximate surface area is 149 Å². The highest BCUT2D eigenvalue weighted by molar-refractivity contribution is 5.92. The highest BCUT2D eigenvalue weighted by Crippen LogP contribution is 2.31. The third-order valence-corrected chi connectivity index (χ3v) is 3.89. The number of rotatable bonds is 3. The predicted molar refractivity (Wildman–Crippen MR) is 98.6 cm³/mol. The molecule has 0 aliphatic carbocycles. The Kier molecular flexibility index (Phi) is 5.88. The average Bonchev–Trinajstić information content (AvgIpc) is 2.52. The van der Waals surface area contributed by atoms with Crippen molar-refractivity contribution in [3.8, 4) is 0 Å². The number of hydrogen-bond acceptors (Lipinski definition) is 4. The molecule has 1 aliphatic heterocycles. The first-order chi connectivity index (χ1) is 11.7. The lowest BCUT2D eigenvalue weighted by molar-refractivity contribution is -0.137. The van der Waals surface area contributed by atoms with E-state index in [1.165, 1.54) is 6.08 Å². The molecule has 1 heterocycles. The van der Waals surface area contributed by atoms with Gasteiger partial charge in [0.1, 0.15) is 5.60 Å². The second-order valence-electron chi connectivity index (χ2n) is 7.16. The molecule has 25 heavy (non-hydrogen) atoms. The second-order valence-corrected chi connectivity index (χ2v) is 7.16. The second kappa shape index (κ2) is 7.72. The van der Waals surface area contributed by atoms with Gasteiger partial charge in [0.05, 0.1) is 12.3 Å². The molecule has 0 unspecified atom stereocenters. The summed E-state index contributed by atoms with van der Waals surface area (Å²) >= 11 is 0. The molecule has 1 aliphatic rings. The van der Waals surface area contributed by atoms with E-state index >= 15 is 0 Å². The van der Waals surface area contributed by atoms with Crippen LogP contribution in [0.2, 0.25) is 0 Å². The van der Waals surface area contributed by atoms with E-state index in [1.807, 2.05) is 45.9 Å². The van der Waals surface area contributed by atoms with Crippen molar-refractivity contribution in [1.82, 2.24) is 0 Å². The molecule has 5 heteroatoms. The summed E-state index contributed by atoms with van der Waals surface area (Å²) < 4.78 is 10.5. The lowest BCUT2D eigenvalue weighted by atomic mass is 9.96. The number of carbonyl (C=O) groups is 2. The summed E-state index contributed by atoms with van der Waals surface area (Å²) in [5.41, 5.74) is 3.25. The fourth-order valence-corrected chi connectivity index (χ4v) is 2.79. The van der Waals surface area contributed by atoms with Crippen LogP contribution >= 0.6 is 0 Å². The summed E-state index contributed by atoms with van der Waals surface area (Å²) in [6, 6.07) is 5.89. The largest absolute Gasteiger partial charge is 0.463 e. The van der Waals surface area contributed by atoms with Gasteiger partial charge in [0, 0.05) is 12.6 Å². The van der Waals surface area contributed by atoms with E-state index in [0.29, 0.717) is 13.2 Å². The maximum absolute atomic E-state index is 12.4. The van der Waals surface area contributed by atoms with Gasteiger partial charge in [-0.15, -0.1) is 0 Å². The fourth-order valence-electron chi connectivity index (χ4n) is 2.79. The van der Waals surface area contributed by atoms with E-state index in [4.69, 9.17) is 9.47 Å². The number of allylic oxidation sites excluding steroid dienone is 1. The quantitative estimate of drug-likeness (QED) is 0.604. The van der Waals surface area contributed by atoms with Crippen LogP contribution in [0.1, 0.15) is 52.2 Å². The average molecular weight is 345 g/mol. The van der Waals surface area contributed by atoms with E-state index < -0.39 is 5.60 Å². The Morgan fingerprint density at radius 3 is 2.64 bits per heavy atom. The molecule has 1 aromatic carbocycles. The van der Waals surface area contributed by atoms with Crippen molar-refractivity contribution in [2.45, 2.75) is 53.1 Å². The Morgan fingerprint density at radius 2 is 2.00 bits per heavy atom. The van der Waals surface area contributed by atoms with Crippen molar-refractivity contribution in [2.75, 3.05) is 18.1 Å². The molecule has 0 radical (unpaired) electrons. The molecule has 0 saturated heterocycles. The summed E-state index contributed by atoms with van der Waals surface area (Å²) in [4.78, 5) is 25.8. The monoisotopic (exact) mass is 345 g/mol.